The van der Waals surface area contributed by atoms with Crippen LogP contribution in [0.3, 0.4) is 0 Å². The number of rotatable bonds is 6. The SMILES string of the molecule is CCNC(Cc1cc(C)nn1CC)C1(C)CCCO1. The molecule has 19 heavy (non-hydrogen) atoms. The molecule has 2 unspecified atom stereocenters. The molecule has 1 fully saturated rings. The Morgan fingerprint density at radius 3 is 2.89 bits per heavy atom. The third-order valence-electron chi connectivity index (χ3n) is 4.14. The van der Waals surface area contributed by atoms with E-state index in [0.29, 0.717) is 6.04 Å². The van der Waals surface area contributed by atoms with E-state index in [0.717, 1.165) is 38.2 Å². The van der Waals surface area contributed by atoms with Gasteiger partial charge in [0.2, 0.25) is 0 Å². The second-order valence-corrected chi connectivity index (χ2v) is 5.67. The number of nitrogens with zero attached hydrogens (tertiary/aromatic N) is 2. The van der Waals surface area contributed by atoms with Crippen LogP contribution >= 0.6 is 0 Å². The van der Waals surface area contributed by atoms with Crippen molar-refractivity contribution in [2.75, 3.05) is 13.2 Å². The van der Waals surface area contributed by atoms with Crippen LogP contribution in [-0.4, -0.2) is 34.6 Å². The monoisotopic (exact) mass is 265 g/mol. The van der Waals surface area contributed by atoms with Crippen molar-refractivity contribution in [1.29, 1.82) is 0 Å². The minimum absolute atomic E-state index is 0.0350. The zero-order valence-electron chi connectivity index (χ0n) is 12.7. The first-order chi connectivity index (χ1) is 9.09. The molecule has 4 nitrogen and oxygen atoms in total. The van der Waals surface area contributed by atoms with Gasteiger partial charge >= 0.3 is 0 Å². The van der Waals surface area contributed by atoms with Crippen molar-refractivity contribution in [2.45, 2.75) is 65.1 Å². The fraction of sp³-hybridized carbons (Fsp3) is 0.800. The van der Waals surface area contributed by atoms with Crippen molar-refractivity contribution in [3.63, 3.8) is 0 Å². The minimum atomic E-state index is -0.0350. The number of likely N-dealkylation sites (N-methyl/N-ethyl adjacent to an activating group) is 1. The Hall–Kier alpha value is -0.870. The van der Waals surface area contributed by atoms with Gasteiger partial charge in [-0.2, -0.15) is 5.10 Å². The van der Waals surface area contributed by atoms with Crippen LogP contribution in [0, 0.1) is 6.92 Å². The Bertz CT molecular complexity index is 408. The van der Waals surface area contributed by atoms with Gasteiger partial charge in [-0.1, -0.05) is 6.92 Å². The Balaban J connectivity index is 2.15. The van der Waals surface area contributed by atoms with Gasteiger partial charge in [-0.3, -0.25) is 4.68 Å². The van der Waals surface area contributed by atoms with Crippen LogP contribution in [0.1, 0.15) is 45.0 Å². The van der Waals surface area contributed by atoms with Gasteiger partial charge in [-0.15, -0.1) is 0 Å². The summed E-state index contributed by atoms with van der Waals surface area (Å²) in [6.45, 7) is 11.4. The summed E-state index contributed by atoms with van der Waals surface area (Å²) in [5.74, 6) is 0. The lowest BCUT2D eigenvalue weighted by atomic mass is 9.89. The molecular weight excluding hydrogens is 238 g/mol. The highest BCUT2D eigenvalue weighted by Gasteiger charge is 2.38. The lowest BCUT2D eigenvalue weighted by molar-refractivity contribution is -0.0115. The van der Waals surface area contributed by atoms with Gasteiger partial charge in [-0.25, -0.2) is 0 Å². The summed E-state index contributed by atoms with van der Waals surface area (Å²) in [6.07, 6.45) is 3.30. The van der Waals surface area contributed by atoms with E-state index >= 15 is 0 Å². The maximum absolute atomic E-state index is 6.02. The first-order valence-corrected chi connectivity index (χ1v) is 7.49. The van der Waals surface area contributed by atoms with E-state index in [4.69, 9.17) is 4.74 Å². The first kappa shape index (κ1) is 14.5. The number of hydrogen-bond acceptors (Lipinski definition) is 3. The van der Waals surface area contributed by atoms with Crippen molar-refractivity contribution >= 4 is 0 Å². The van der Waals surface area contributed by atoms with E-state index in [9.17, 15) is 0 Å². The van der Waals surface area contributed by atoms with E-state index < -0.39 is 0 Å². The summed E-state index contributed by atoms with van der Waals surface area (Å²) in [5, 5.41) is 8.15. The standard InChI is InChI=1S/C15H27N3O/c1-5-16-14(15(4)8-7-9-19-15)11-13-10-12(3)17-18(13)6-2/h10,14,16H,5-9,11H2,1-4H3. The molecule has 4 heteroatoms. The average Bonchev–Trinajstić information content (AvgIpc) is 2.96. The van der Waals surface area contributed by atoms with Crippen LogP contribution in [0.15, 0.2) is 6.07 Å². The molecule has 1 aromatic rings. The largest absolute Gasteiger partial charge is 0.374 e. The predicted octanol–water partition coefficient (Wildman–Crippen LogP) is 2.30. The summed E-state index contributed by atoms with van der Waals surface area (Å²) in [5.41, 5.74) is 2.37. The maximum Gasteiger partial charge on any atom is 0.0811 e. The molecular formula is C15H27N3O. The zero-order valence-corrected chi connectivity index (χ0v) is 12.7. The maximum atomic E-state index is 6.02. The predicted molar refractivity (Wildman–Crippen MR) is 77.4 cm³/mol. The highest BCUT2D eigenvalue weighted by atomic mass is 16.5. The summed E-state index contributed by atoms with van der Waals surface area (Å²) in [7, 11) is 0. The molecule has 1 N–H and O–H groups in total. The van der Waals surface area contributed by atoms with E-state index in [1.165, 1.54) is 12.1 Å². The van der Waals surface area contributed by atoms with E-state index in [1.54, 1.807) is 0 Å². The molecule has 2 atom stereocenters. The van der Waals surface area contributed by atoms with Crippen molar-refractivity contribution in [1.82, 2.24) is 15.1 Å². The van der Waals surface area contributed by atoms with Gasteiger partial charge in [0, 0.05) is 31.3 Å². The molecule has 0 spiro atoms. The highest BCUT2D eigenvalue weighted by molar-refractivity contribution is 5.12. The summed E-state index contributed by atoms with van der Waals surface area (Å²) in [6, 6.07) is 2.56. The van der Waals surface area contributed by atoms with Crippen molar-refractivity contribution < 1.29 is 4.74 Å². The number of ether oxygens (including phenoxy) is 1. The Kier molecular flexibility index (Phi) is 4.63. The van der Waals surface area contributed by atoms with Crippen LogP contribution in [0.25, 0.3) is 0 Å². The van der Waals surface area contributed by atoms with Gasteiger partial charge < -0.3 is 10.1 Å². The van der Waals surface area contributed by atoms with Crippen molar-refractivity contribution in [3.05, 3.63) is 17.5 Å². The lowest BCUT2D eigenvalue weighted by Crippen LogP contribution is -2.50. The van der Waals surface area contributed by atoms with Gasteiger partial charge in [0.1, 0.15) is 0 Å². The molecule has 108 valence electrons. The number of hydrogen-bond donors (Lipinski definition) is 1. The average molecular weight is 265 g/mol. The third kappa shape index (κ3) is 3.18. The Labute approximate surface area is 116 Å². The lowest BCUT2D eigenvalue weighted by Gasteiger charge is -2.34. The highest BCUT2D eigenvalue weighted by Crippen LogP contribution is 2.30. The van der Waals surface area contributed by atoms with Gasteiger partial charge in [0.25, 0.3) is 0 Å². The number of aryl methyl sites for hydroxylation is 2. The normalized spacial score (nSPS) is 24.8. The molecule has 0 amide bonds. The molecule has 1 aliphatic heterocycles. The van der Waals surface area contributed by atoms with Gasteiger partial charge in [-0.05, 0) is 46.2 Å². The van der Waals surface area contributed by atoms with E-state index in [-0.39, 0.29) is 5.60 Å². The van der Waals surface area contributed by atoms with Gasteiger partial charge in [0.05, 0.1) is 11.3 Å². The Morgan fingerprint density at radius 2 is 2.32 bits per heavy atom. The molecule has 0 aromatic carbocycles. The minimum Gasteiger partial charge on any atom is -0.374 e. The molecule has 2 rings (SSSR count). The van der Waals surface area contributed by atoms with Crippen LogP contribution in [-0.2, 0) is 17.7 Å². The second-order valence-electron chi connectivity index (χ2n) is 5.67. The molecule has 1 aromatic heterocycles. The number of aromatic nitrogens is 2. The van der Waals surface area contributed by atoms with Crippen molar-refractivity contribution in [3.8, 4) is 0 Å². The number of nitrogens with one attached hydrogen (secondary N) is 1. The van der Waals surface area contributed by atoms with E-state index in [2.05, 4.69) is 48.9 Å². The van der Waals surface area contributed by atoms with Crippen LogP contribution < -0.4 is 5.32 Å². The van der Waals surface area contributed by atoms with Crippen LogP contribution in [0.4, 0.5) is 0 Å². The molecule has 0 bridgehead atoms. The topological polar surface area (TPSA) is 39.1 Å². The first-order valence-electron chi connectivity index (χ1n) is 7.49. The molecule has 0 saturated carbocycles. The fourth-order valence-corrected chi connectivity index (χ4v) is 3.07. The molecule has 2 heterocycles. The fourth-order valence-electron chi connectivity index (χ4n) is 3.07. The second kappa shape index (κ2) is 6.06. The summed E-state index contributed by atoms with van der Waals surface area (Å²) >= 11 is 0. The Morgan fingerprint density at radius 1 is 1.53 bits per heavy atom. The quantitative estimate of drug-likeness (QED) is 0.858. The molecule has 1 saturated heterocycles. The van der Waals surface area contributed by atoms with Crippen molar-refractivity contribution in [2.24, 2.45) is 0 Å². The van der Waals surface area contributed by atoms with Gasteiger partial charge in [0.15, 0.2) is 0 Å². The zero-order chi connectivity index (χ0) is 13.9. The molecule has 0 radical (unpaired) electrons. The summed E-state index contributed by atoms with van der Waals surface area (Å²) < 4.78 is 8.12. The molecule has 1 aliphatic rings. The molecule has 0 aliphatic carbocycles. The van der Waals surface area contributed by atoms with E-state index in [1.807, 2.05) is 0 Å². The third-order valence-corrected chi connectivity index (χ3v) is 4.14. The van der Waals surface area contributed by atoms with Crippen LogP contribution in [0.5, 0.6) is 0 Å². The van der Waals surface area contributed by atoms with Crippen LogP contribution in [0.2, 0.25) is 0 Å². The smallest absolute Gasteiger partial charge is 0.0811 e. The summed E-state index contributed by atoms with van der Waals surface area (Å²) in [4.78, 5) is 0.